The van der Waals surface area contributed by atoms with Gasteiger partial charge in [0.15, 0.2) is 17.5 Å². The highest BCUT2D eigenvalue weighted by molar-refractivity contribution is 5.79. The minimum Gasteiger partial charge on any atom is -0.454 e. The molecule has 1 saturated heterocycles. The normalized spacial score (nSPS) is 18.1. The van der Waals surface area contributed by atoms with E-state index in [1.54, 1.807) is 0 Å². The fraction of sp³-hybridized carbons (Fsp3) is 0.632. The highest BCUT2D eigenvalue weighted by Gasteiger charge is 2.20. The summed E-state index contributed by atoms with van der Waals surface area (Å²) in [6, 6.07) is 6.24. The lowest BCUT2D eigenvalue weighted by molar-refractivity contribution is 0.171. The lowest BCUT2D eigenvalue weighted by Crippen LogP contribution is -2.52. The van der Waals surface area contributed by atoms with Crippen LogP contribution in [0.2, 0.25) is 0 Å². The first-order chi connectivity index (χ1) is 12.2. The van der Waals surface area contributed by atoms with E-state index in [4.69, 9.17) is 9.47 Å². The highest BCUT2D eigenvalue weighted by Crippen LogP contribution is 2.32. The number of piperazine rings is 1. The molecule has 138 valence electrons. The quantitative estimate of drug-likeness (QED) is 0.654. The van der Waals surface area contributed by atoms with Gasteiger partial charge in [0.2, 0.25) is 6.79 Å². The number of rotatable bonds is 5. The first-order valence-electron chi connectivity index (χ1n) is 9.22. The smallest absolute Gasteiger partial charge is 0.231 e. The fourth-order valence-electron chi connectivity index (χ4n) is 3.22. The van der Waals surface area contributed by atoms with Gasteiger partial charge in [0.05, 0.1) is 0 Å². The molecule has 2 aliphatic rings. The summed E-state index contributed by atoms with van der Waals surface area (Å²) in [6.45, 7) is 10.9. The zero-order chi connectivity index (χ0) is 17.6. The Bertz CT molecular complexity index is 595. The largest absolute Gasteiger partial charge is 0.454 e. The molecule has 0 bridgehead atoms. The minimum absolute atomic E-state index is 0.334. The molecule has 0 aromatic heterocycles. The molecule has 0 unspecified atom stereocenters. The lowest BCUT2D eigenvalue weighted by Gasteiger charge is -2.36. The second-order valence-electron chi connectivity index (χ2n) is 7.11. The number of benzene rings is 1. The minimum atomic E-state index is 0.334. The molecule has 1 N–H and O–H groups in total. The molecule has 6 heteroatoms. The Hall–Kier alpha value is -1.95. The van der Waals surface area contributed by atoms with Gasteiger partial charge in [-0.05, 0) is 30.0 Å². The predicted molar refractivity (Wildman–Crippen MR) is 100 cm³/mol. The molecule has 1 aromatic carbocycles. The van der Waals surface area contributed by atoms with Crippen molar-refractivity contribution >= 4 is 5.96 Å². The topological polar surface area (TPSA) is 49.3 Å². The summed E-state index contributed by atoms with van der Waals surface area (Å²) in [4.78, 5) is 9.28. The van der Waals surface area contributed by atoms with Gasteiger partial charge in [-0.15, -0.1) is 0 Å². The van der Waals surface area contributed by atoms with E-state index in [9.17, 15) is 0 Å². The zero-order valence-corrected chi connectivity index (χ0v) is 15.6. The van der Waals surface area contributed by atoms with Crippen LogP contribution in [0.5, 0.6) is 11.5 Å². The van der Waals surface area contributed by atoms with E-state index in [0.29, 0.717) is 12.7 Å². The summed E-state index contributed by atoms with van der Waals surface area (Å²) in [5.41, 5.74) is 1.28. The van der Waals surface area contributed by atoms with Crippen molar-refractivity contribution in [1.29, 1.82) is 0 Å². The van der Waals surface area contributed by atoms with Gasteiger partial charge in [0.1, 0.15) is 0 Å². The Balaban J connectivity index is 1.46. The number of aliphatic imine (C=N–C) groups is 1. The molecule has 1 aromatic rings. The average molecular weight is 346 g/mol. The van der Waals surface area contributed by atoms with Gasteiger partial charge >= 0.3 is 0 Å². The van der Waals surface area contributed by atoms with Crippen molar-refractivity contribution < 1.29 is 9.47 Å². The van der Waals surface area contributed by atoms with Crippen molar-refractivity contribution in [2.24, 2.45) is 10.9 Å². The van der Waals surface area contributed by atoms with Crippen LogP contribution < -0.4 is 14.8 Å². The van der Waals surface area contributed by atoms with Crippen molar-refractivity contribution in [3.05, 3.63) is 23.8 Å². The van der Waals surface area contributed by atoms with Crippen LogP contribution in [-0.4, -0.2) is 62.3 Å². The van der Waals surface area contributed by atoms with Gasteiger partial charge in [-0.3, -0.25) is 9.89 Å². The van der Waals surface area contributed by atoms with Crippen LogP contribution in [0.4, 0.5) is 0 Å². The number of fused-ring (bicyclic) bond motifs is 1. The molecule has 25 heavy (non-hydrogen) atoms. The monoisotopic (exact) mass is 346 g/mol. The molecule has 0 atom stereocenters. The summed E-state index contributed by atoms with van der Waals surface area (Å²) < 4.78 is 10.9. The second kappa shape index (κ2) is 8.43. The van der Waals surface area contributed by atoms with Crippen molar-refractivity contribution in [2.45, 2.75) is 26.8 Å². The third-order valence-corrected chi connectivity index (χ3v) is 4.73. The van der Waals surface area contributed by atoms with Crippen LogP contribution >= 0.6 is 0 Å². The van der Waals surface area contributed by atoms with Crippen LogP contribution in [0.25, 0.3) is 0 Å². The van der Waals surface area contributed by atoms with Crippen LogP contribution in [-0.2, 0) is 6.54 Å². The maximum absolute atomic E-state index is 5.47. The molecule has 6 nitrogen and oxygen atoms in total. The summed E-state index contributed by atoms with van der Waals surface area (Å²) >= 11 is 0. The molecular weight excluding hydrogens is 316 g/mol. The van der Waals surface area contributed by atoms with E-state index in [1.807, 2.05) is 13.1 Å². The van der Waals surface area contributed by atoms with Gasteiger partial charge in [0.25, 0.3) is 0 Å². The molecule has 0 amide bonds. The Morgan fingerprint density at radius 3 is 2.64 bits per heavy atom. The van der Waals surface area contributed by atoms with Crippen molar-refractivity contribution in [2.75, 3.05) is 46.6 Å². The van der Waals surface area contributed by atoms with Crippen molar-refractivity contribution in [3.8, 4) is 11.5 Å². The Kier molecular flexibility index (Phi) is 6.02. The summed E-state index contributed by atoms with van der Waals surface area (Å²) in [5.74, 6) is 3.46. The van der Waals surface area contributed by atoms with E-state index >= 15 is 0 Å². The summed E-state index contributed by atoms with van der Waals surface area (Å²) in [5, 5.41) is 3.49. The van der Waals surface area contributed by atoms with E-state index in [-0.39, 0.29) is 0 Å². The molecular formula is C19H30N4O2. The molecule has 0 aliphatic carbocycles. The predicted octanol–water partition coefficient (Wildman–Crippen LogP) is 2.15. The molecule has 3 rings (SSSR count). The van der Waals surface area contributed by atoms with Crippen molar-refractivity contribution in [3.63, 3.8) is 0 Å². The summed E-state index contributed by atoms with van der Waals surface area (Å²) in [6.07, 6.45) is 1.17. The van der Waals surface area contributed by atoms with E-state index in [0.717, 1.165) is 56.7 Å². The summed E-state index contributed by atoms with van der Waals surface area (Å²) in [7, 11) is 1.87. The number of ether oxygens (including phenoxy) is 2. The fourth-order valence-corrected chi connectivity index (χ4v) is 3.22. The first kappa shape index (κ1) is 17.9. The number of nitrogens with zero attached hydrogens (tertiary/aromatic N) is 3. The van der Waals surface area contributed by atoms with Crippen LogP contribution in [0.1, 0.15) is 25.8 Å². The van der Waals surface area contributed by atoms with Crippen LogP contribution in [0.15, 0.2) is 23.2 Å². The lowest BCUT2D eigenvalue weighted by atomic mass is 10.1. The second-order valence-corrected chi connectivity index (χ2v) is 7.11. The van der Waals surface area contributed by atoms with Crippen molar-refractivity contribution in [1.82, 2.24) is 15.1 Å². The number of hydrogen-bond acceptors (Lipinski definition) is 4. The first-order valence-corrected chi connectivity index (χ1v) is 9.22. The molecule has 2 aliphatic heterocycles. The third kappa shape index (κ3) is 4.78. The van der Waals surface area contributed by atoms with Gasteiger partial charge in [-0.1, -0.05) is 19.9 Å². The Morgan fingerprint density at radius 1 is 1.16 bits per heavy atom. The standard InChI is InChI=1S/C19H30N4O2/c1-15(2)6-7-21-19(20-3)23-10-8-22(9-11-23)13-16-4-5-17-18(12-16)25-14-24-17/h4-5,12,15H,6-11,13-14H2,1-3H3,(H,20,21). The van der Waals surface area contributed by atoms with Crippen LogP contribution in [0, 0.1) is 5.92 Å². The molecule has 0 radical (unpaired) electrons. The SMILES string of the molecule is CN=C(NCCC(C)C)N1CCN(Cc2ccc3c(c2)OCO3)CC1. The van der Waals surface area contributed by atoms with Gasteiger partial charge in [0, 0.05) is 46.3 Å². The van der Waals surface area contributed by atoms with Gasteiger partial charge in [-0.2, -0.15) is 0 Å². The van der Waals surface area contributed by atoms with Crippen LogP contribution in [0.3, 0.4) is 0 Å². The molecule has 0 saturated carbocycles. The molecule has 2 heterocycles. The van der Waals surface area contributed by atoms with Gasteiger partial charge in [-0.25, -0.2) is 0 Å². The Morgan fingerprint density at radius 2 is 1.92 bits per heavy atom. The highest BCUT2D eigenvalue weighted by atomic mass is 16.7. The van der Waals surface area contributed by atoms with E-state index < -0.39 is 0 Å². The maximum Gasteiger partial charge on any atom is 0.231 e. The molecule has 1 fully saturated rings. The van der Waals surface area contributed by atoms with Gasteiger partial charge < -0.3 is 19.7 Å². The molecule has 0 spiro atoms. The number of nitrogens with one attached hydrogen (secondary N) is 1. The maximum atomic E-state index is 5.47. The van der Waals surface area contributed by atoms with E-state index in [2.05, 4.69) is 46.1 Å². The van der Waals surface area contributed by atoms with E-state index in [1.165, 1.54) is 12.0 Å². The third-order valence-electron chi connectivity index (χ3n) is 4.73. The number of guanidine groups is 1. The Labute approximate surface area is 150 Å². The average Bonchev–Trinajstić information content (AvgIpc) is 3.07. The zero-order valence-electron chi connectivity index (χ0n) is 15.6. The number of hydrogen-bond donors (Lipinski definition) is 1.